The maximum absolute atomic E-state index is 13.2. The van der Waals surface area contributed by atoms with Gasteiger partial charge >= 0.3 is 6.29 Å². The highest BCUT2D eigenvalue weighted by Gasteiger charge is 2.43. The summed E-state index contributed by atoms with van der Waals surface area (Å²) in [6.45, 7) is 1.68. The lowest BCUT2D eigenvalue weighted by atomic mass is 10.0. The van der Waals surface area contributed by atoms with E-state index in [1.807, 2.05) is 36.6 Å². The van der Waals surface area contributed by atoms with Crippen molar-refractivity contribution < 1.29 is 27.8 Å². The van der Waals surface area contributed by atoms with Crippen LogP contribution in [0.15, 0.2) is 54.2 Å². The van der Waals surface area contributed by atoms with Crippen LogP contribution < -0.4 is 19.5 Å². The number of carbonyl (C=O) groups is 1. The number of benzene rings is 2. The third kappa shape index (κ3) is 3.92. The number of anilines is 1. The topological polar surface area (TPSA) is 82.6 Å². The van der Waals surface area contributed by atoms with Crippen molar-refractivity contribution in [3.63, 3.8) is 0 Å². The Labute approximate surface area is 184 Å². The molecule has 0 atom stereocenters. The minimum absolute atomic E-state index is 0.103. The molecule has 0 fully saturated rings. The zero-order chi connectivity index (χ0) is 22.3. The summed E-state index contributed by atoms with van der Waals surface area (Å²) < 4.78 is 40.7. The van der Waals surface area contributed by atoms with Gasteiger partial charge in [-0.05, 0) is 24.6 Å². The second-order valence-corrected chi connectivity index (χ2v) is 7.90. The van der Waals surface area contributed by atoms with E-state index in [0.29, 0.717) is 0 Å². The van der Waals surface area contributed by atoms with Crippen LogP contribution in [0.3, 0.4) is 0 Å². The molecular formula is C22H15F2N3O4S. The molecule has 2 aromatic carbocycles. The molecular weight excluding hydrogens is 440 g/mol. The number of nitrogens with zero attached hydrogens (tertiary/aromatic N) is 2. The van der Waals surface area contributed by atoms with Crippen LogP contribution in [0.5, 0.6) is 17.4 Å². The smallest absolute Gasteiger partial charge is 0.467 e. The van der Waals surface area contributed by atoms with Crippen molar-refractivity contribution in [3.05, 3.63) is 59.7 Å². The molecule has 0 aliphatic carbocycles. The fourth-order valence-electron chi connectivity index (χ4n) is 3.26. The molecule has 0 bridgehead atoms. The monoisotopic (exact) mass is 455 g/mol. The number of hydrogen-bond donors (Lipinski definition) is 1. The summed E-state index contributed by atoms with van der Waals surface area (Å²) in [4.78, 5) is 21.6. The summed E-state index contributed by atoms with van der Waals surface area (Å²) >= 11 is 1.46. The van der Waals surface area contributed by atoms with Crippen LogP contribution in [-0.2, 0) is 4.79 Å². The number of carbonyl (C=O) groups excluding carboxylic acids is 1. The molecule has 1 N–H and O–H groups in total. The van der Waals surface area contributed by atoms with Crippen LogP contribution in [0.2, 0.25) is 0 Å². The minimum atomic E-state index is -3.72. The Balaban J connectivity index is 1.32. The van der Waals surface area contributed by atoms with Crippen LogP contribution in [0.1, 0.15) is 5.56 Å². The van der Waals surface area contributed by atoms with Gasteiger partial charge in [-0.2, -0.15) is 0 Å². The number of hydrogen-bond acceptors (Lipinski definition) is 7. The van der Waals surface area contributed by atoms with Gasteiger partial charge in [-0.25, -0.2) is 9.97 Å². The summed E-state index contributed by atoms with van der Waals surface area (Å²) in [5, 5.41) is 5.27. The molecule has 0 unspecified atom stereocenters. The lowest BCUT2D eigenvalue weighted by Crippen LogP contribution is -2.25. The first-order chi connectivity index (χ1) is 15.4. The number of halogens is 2. The van der Waals surface area contributed by atoms with Gasteiger partial charge in [0.2, 0.25) is 5.88 Å². The molecule has 1 aliphatic rings. The summed E-state index contributed by atoms with van der Waals surface area (Å²) in [5.74, 6) is -0.470. The molecule has 0 radical (unpaired) electrons. The molecule has 32 heavy (non-hydrogen) atoms. The molecule has 5 rings (SSSR count). The molecule has 0 saturated heterocycles. The van der Waals surface area contributed by atoms with E-state index >= 15 is 0 Å². The fraction of sp³-hybridized carbons (Fsp3) is 0.136. The summed E-state index contributed by atoms with van der Waals surface area (Å²) in [6, 6.07) is 12.0. The number of thiophene rings is 1. The fourth-order valence-corrected chi connectivity index (χ4v) is 4.17. The van der Waals surface area contributed by atoms with Crippen LogP contribution in [0.25, 0.3) is 21.3 Å². The molecule has 162 valence electrons. The third-order valence-corrected chi connectivity index (χ3v) is 5.61. The number of nitrogens with one attached hydrogen (secondary N) is 1. The van der Waals surface area contributed by atoms with E-state index < -0.39 is 12.2 Å². The number of ether oxygens (including phenoxy) is 3. The summed E-state index contributed by atoms with van der Waals surface area (Å²) in [6.07, 6.45) is -2.34. The second-order valence-electron chi connectivity index (χ2n) is 7.04. The van der Waals surface area contributed by atoms with Crippen molar-refractivity contribution in [2.24, 2.45) is 0 Å². The Morgan fingerprint density at radius 1 is 1.12 bits per heavy atom. The van der Waals surface area contributed by atoms with Crippen LogP contribution in [0, 0.1) is 6.92 Å². The standard InChI is InChI=1S/C22H15F2N3O4S/c1-12-2-4-13(5-3-12)15-10-32-21-19(15)20(25-11-26-21)29-9-18(28)27-14-6-7-16-17(8-14)31-22(23,24)30-16/h2-8,10-11H,9H2,1H3,(H,27,28). The Kier molecular flexibility index (Phi) is 4.86. The Hall–Kier alpha value is -3.79. The molecule has 2 aromatic heterocycles. The van der Waals surface area contributed by atoms with E-state index in [0.717, 1.165) is 26.9 Å². The maximum atomic E-state index is 13.2. The van der Waals surface area contributed by atoms with E-state index in [-0.39, 0.29) is 29.7 Å². The number of aromatic nitrogens is 2. The predicted molar refractivity (Wildman–Crippen MR) is 114 cm³/mol. The average molecular weight is 455 g/mol. The van der Waals surface area contributed by atoms with Gasteiger partial charge in [-0.1, -0.05) is 29.8 Å². The second kappa shape index (κ2) is 7.72. The van der Waals surface area contributed by atoms with Crippen molar-refractivity contribution in [3.8, 4) is 28.5 Å². The summed E-state index contributed by atoms with van der Waals surface area (Å²) in [7, 11) is 0. The molecule has 1 amide bonds. The van der Waals surface area contributed by atoms with Crippen molar-refractivity contribution >= 4 is 33.1 Å². The Morgan fingerprint density at radius 2 is 1.91 bits per heavy atom. The van der Waals surface area contributed by atoms with E-state index in [2.05, 4.69) is 24.8 Å². The third-order valence-electron chi connectivity index (χ3n) is 4.72. The molecule has 0 spiro atoms. The lowest BCUT2D eigenvalue weighted by molar-refractivity contribution is -0.286. The highest BCUT2D eigenvalue weighted by atomic mass is 32.1. The number of fused-ring (bicyclic) bond motifs is 2. The SMILES string of the molecule is Cc1ccc(-c2csc3ncnc(OCC(=O)Nc4ccc5c(c4)OC(F)(F)O5)c23)cc1. The van der Waals surface area contributed by atoms with Gasteiger partial charge in [-0.15, -0.1) is 20.1 Å². The van der Waals surface area contributed by atoms with Gasteiger partial charge in [0, 0.05) is 22.7 Å². The number of rotatable bonds is 5. The van der Waals surface area contributed by atoms with Gasteiger partial charge in [0.05, 0.1) is 5.39 Å². The van der Waals surface area contributed by atoms with Crippen molar-refractivity contribution in [2.75, 3.05) is 11.9 Å². The van der Waals surface area contributed by atoms with Gasteiger partial charge in [-0.3, -0.25) is 4.79 Å². The Morgan fingerprint density at radius 3 is 2.72 bits per heavy atom. The first-order valence-corrected chi connectivity index (χ1v) is 10.4. The van der Waals surface area contributed by atoms with Crippen LogP contribution in [0.4, 0.5) is 14.5 Å². The molecule has 10 heteroatoms. The summed E-state index contributed by atoms with van der Waals surface area (Å²) in [5.41, 5.74) is 3.31. The molecule has 1 aliphatic heterocycles. The predicted octanol–water partition coefficient (Wildman–Crippen LogP) is 5.01. The first-order valence-electron chi connectivity index (χ1n) is 9.50. The van der Waals surface area contributed by atoms with Crippen molar-refractivity contribution in [1.82, 2.24) is 9.97 Å². The zero-order valence-electron chi connectivity index (χ0n) is 16.6. The molecule has 7 nitrogen and oxygen atoms in total. The average Bonchev–Trinajstić information content (AvgIpc) is 3.32. The van der Waals surface area contributed by atoms with E-state index in [1.165, 1.54) is 35.9 Å². The first kappa shape index (κ1) is 20.1. The number of alkyl halides is 2. The van der Waals surface area contributed by atoms with Gasteiger partial charge in [0.1, 0.15) is 11.2 Å². The van der Waals surface area contributed by atoms with E-state index in [9.17, 15) is 13.6 Å². The zero-order valence-corrected chi connectivity index (χ0v) is 17.4. The molecule has 4 aromatic rings. The van der Waals surface area contributed by atoms with Gasteiger partial charge < -0.3 is 19.5 Å². The van der Waals surface area contributed by atoms with Crippen molar-refractivity contribution in [2.45, 2.75) is 13.2 Å². The van der Waals surface area contributed by atoms with Gasteiger partial charge in [0.15, 0.2) is 18.1 Å². The normalized spacial score (nSPS) is 13.8. The number of amides is 1. The highest BCUT2D eigenvalue weighted by molar-refractivity contribution is 7.17. The lowest BCUT2D eigenvalue weighted by Gasteiger charge is -2.09. The Bertz CT molecular complexity index is 1320. The van der Waals surface area contributed by atoms with E-state index in [4.69, 9.17) is 4.74 Å². The minimum Gasteiger partial charge on any atom is -0.467 e. The van der Waals surface area contributed by atoms with Crippen LogP contribution >= 0.6 is 11.3 Å². The molecule has 3 heterocycles. The maximum Gasteiger partial charge on any atom is 0.586 e. The van der Waals surface area contributed by atoms with E-state index in [1.54, 1.807) is 0 Å². The highest BCUT2D eigenvalue weighted by Crippen LogP contribution is 2.42. The van der Waals surface area contributed by atoms with Gasteiger partial charge in [0.25, 0.3) is 5.91 Å². The van der Waals surface area contributed by atoms with Crippen molar-refractivity contribution in [1.29, 1.82) is 0 Å². The number of aryl methyl sites for hydroxylation is 1. The molecule has 0 saturated carbocycles. The largest absolute Gasteiger partial charge is 0.586 e. The van der Waals surface area contributed by atoms with Crippen LogP contribution in [-0.4, -0.2) is 28.8 Å². The quantitative estimate of drug-likeness (QED) is 0.456.